The number of rotatable bonds is 20. The molecule has 0 saturated carbocycles. The Kier molecular flexibility index (Phi) is 15.0. The Hall–Kier alpha value is -3.54. The summed E-state index contributed by atoms with van der Waals surface area (Å²) in [5.74, 6) is -10.5. The molecule has 0 bridgehead atoms. The van der Waals surface area contributed by atoms with Crippen molar-refractivity contribution in [1.82, 2.24) is 10.2 Å². The maximum Gasteiger partial charge on any atom is 0.339 e. The first-order chi connectivity index (χ1) is 22.5. The first-order valence-corrected chi connectivity index (χ1v) is 17.2. The Balaban J connectivity index is 3.18. The molecule has 0 aromatic heterocycles. The van der Waals surface area contributed by atoms with Gasteiger partial charge in [-0.3, -0.25) is 33.7 Å². The third-order valence-corrected chi connectivity index (χ3v) is 9.28. The molecule has 12 N–H and O–H groups in total. The van der Waals surface area contributed by atoms with Crippen molar-refractivity contribution in [3.8, 4) is 0 Å². The number of carboxylic acids is 1. The van der Waals surface area contributed by atoms with E-state index in [1.54, 1.807) is 44.2 Å². The first kappa shape index (κ1) is 40.6. The fourth-order valence-corrected chi connectivity index (χ4v) is 7.29. The van der Waals surface area contributed by atoms with Crippen LogP contribution in [0.2, 0.25) is 0 Å². The summed E-state index contributed by atoms with van der Waals surface area (Å²) in [6, 6.07) is 2.24. The van der Waals surface area contributed by atoms with Crippen molar-refractivity contribution in [3.63, 3.8) is 0 Å². The molecule has 3 amide bonds. The Morgan fingerprint density at radius 3 is 2.08 bits per heavy atom. The lowest BCUT2D eigenvalue weighted by Crippen LogP contribution is -2.82. The molecule has 1 aliphatic heterocycles. The van der Waals surface area contributed by atoms with Crippen LogP contribution in [0.1, 0.15) is 51.5 Å². The van der Waals surface area contributed by atoms with Crippen molar-refractivity contribution in [1.29, 1.82) is 0 Å². The number of hydrogen-bond acceptors (Lipinski definition) is 13. The van der Waals surface area contributed by atoms with Crippen LogP contribution in [0.15, 0.2) is 30.3 Å². The topological polar surface area (TPSA) is 285 Å². The highest BCUT2D eigenvalue weighted by Gasteiger charge is 2.75. The minimum atomic E-state index is -3.55. The van der Waals surface area contributed by atoms with Crippen LogP contribution in [0.3, 0.4) is 0 Å². The molecule has 0 spiro atoms. The van der Waals surface area contributed by atoms with Crippen LogP contribution in [-0.4, -0.2) is 106 Å². The molecule has 6 atom stereocenters. The number of hydrogen-bond donors (Lipinski definition) is 7. The minimum Gasteiger partial charge on any atom is -0.479 e. The van der Waals surface area contributed by atoms with Crippen LogP contribution in [0.5, 0.6) is 0 Å². The molecule has 48 heavy (non-hydrogen) atoms. The van der Waals surface area contributed by atoms with Crippen LogP contribution in [0, 0.1) is 11.3 Å². The molecule has 1 saturated heterocycles. The fraction of sp³-hybridized carbons (Fsp3) is 0.594. The number of aliphatic carboxylic acids is 1. The van der Waals surface area contributed by atoms with E-state index < -0.39 is 101 Å². The molecule has 15 nitrogen and oxygen atoms in total. The number of benzene rings is 1. The lowest BCUT2D eigenvalue weighted by Gasteiger charge is -2.51. The van der Waals surface area contributed by atoms with Gasteiger partial charge in [-0.1, -0.05) is 44.2 Å². The van der Waals surface area contributed by atoms with Crippen LogP contribution < -0.4 is 34.0 Å². The van der Waals surface area contributed by atoms with Gasteiger partial charge in [-0.25, -0.2) is 4.79 Å². The summed E-state index contributed by atoms with van der Waals surface area (Å²) in [5.41, 5.74) is 24.1. The summed E-state index contributed by atoms with van der Waals surface area (Å²) in [7, 11) is 0. The largest absolute Gasteiger partial charge is 0.479 e. The van der Waals surface area contributed by atoms with E-state index in [1.807, 2.05) is 0 Å². The minimum absolute atomic E-state index is 0.0430. The summed E-state index contributed by atoms with van der Waals surface area (Å²) in [4.78, 5) is 98.9. The van der Waals surface area contributed by atoms with Crippen molar-refractivity contribution < 1.29 is 38.7 Å². The number of nitrogens with one attached hydrogen (secondary N) is 1. The number of carbonyl (C=O) groups excluding carboxylic acids is 6. The Morgan fingerprint density at radius 2 is 1.60 bits per heavy atom. The van der Waals surface area contributed by atoms with Gasteiger partial charge in [-0.15, -0.1) is 0 Å². The van der Waals surface area contributed by atoms with Crippen molar-refractivity contribution >= 4 is 52.8 Å². The standard InChI is InChI=1S/C32H49N7O8S/c1-18(2)14-21(35)26(42)31(17-48-3,27(43)22(36)15-19-8-5-4-6-9-19)32(30(46)47,28(44)23-10-7-13-38-23)39(25(41)16-33)29(45)20(34)11-12-24(37)40/h4-6,8-9,18,20-23,38H,7,10-17,33-36H2,1-3H3,(H2,37,40)(H,46,47). The molecule has 16 heteroatoms. The zero-order valence-electron chi connectivity index (χ0n) is 27.7. The molecule has 266 valence electrons. The zero-order valence-corrected chi connectivity index (χ0v) is 28.5. The molecule has 6 unspecified atom stereocenters. The fourth-order valence-electron chi connectivity index (χ4n) is 6.36. The number of nitrogens with two attached hydrogens (primary N) is 5. The second-order valence-corrected chi connectivity index (χ2v) is 13.4. The van der Waals surface area contributed by atoms with Gasteiger partial charge in [0.25, 0.3) is 0 Å². The quantitative estimate of drug-likeness (QED) is 0.0764. The third kappa shape index (κ3) is 8.36. The molecule has 0 aliphatic carbocycles. The van der Waals surface area contributed by atoms with Crippen LogP contribution in [0.25, 0.3) is 0 Å². The third-order valence-electron chi connectivity index (χ3n) is 8.56. The van der Waals surface area contributed by atoms with Gasteiger partial charge in [-0.05, 0) is 56.4 Å². The second-order valence-electron chi connectivity index (χ2n) is 12.5. The lowest BCUT2D eigenvalue weighted by molar-refractivity contribution is -0.185. The van der Waals surface area contributed by atoms with Gasteiger partial charge in [0.1, 0.15) is 5.41 Å². The maximum absolute atomic E-state index is 15.1. The van der Waals surface area contributed by atoms with E-state index in [4.69, 9.17) is 28.7 Å². The number of carbonyl (C=O) groups is 7. The molecular formula is C32H49N7O8S. The van der Waals surface area contributed by atoms with Crippen molar-refractivity contribution in [2.45, 2.75) is 82.1 Å². The zero-order chi connectivity index (χ0) is 36.4. The van der Waals surface area contributed by atoms with E-state index in [2.05, 4.69) is 5.32 Å². The lowest BCUT2D eigenvalue weighted by atomic mass is 9.57. The van der Waals surface area contributed by atoms with Gasteiger partial charge in [0.2, 0.25) is 23.3 Å². The summed E-state index contributed by atoms with van der Waals surface area (Å²) in [5, 5.41) is 14.2. The summed E-state index contributed by atoms with van der Waals surface area (Å²) >= 11 is 0.839. The number of thioether (sulfide) groups is 1. The molecule has 1 aliphatic rings. The van der Waals surface area contributed by atoms with E-state index in [9.17, 15) is 33.9 Å². The number of ketones is 3. The average Bonchev–Trinajstić information content (AvgIpc) is 3.58. The summed E-state index contributed by atoms with van der Waals surface area (Å²) in [6.07, 6.45) is 0.805. The molecule has 0 radical (unpaired) electrons. The summed E-state index contributed by atoms with van der Waals surface area (Å²) < 4.78 is 0. The van der Waals surface area contributed by atoms with Gasteiger partial charge < -0.3 is 39.1 Å². The van der Waals surface area contributed by atoms with Crippen LogP contribution in [0.4, 0.5) is 0 Å². The number of Topliss-reactive ketones (excluding diaryl/α,β-unsaturated/α-hetero) is 3. The SMILES string of the molecule is CSCC(C(=O)C(N)Cc1ccccc1)(C(=O)C(N)CC(C)C)C(C(=O)O)(C(=O)C1CCCN1)N(C(=O)CN)C(=O)C(N)CCC(N)=O. The molecule has 1 aromatic rings. The summed E-state index contributed by atoms with van der Waals surface area (Å²) in [6.45, 7) is 2.74. The number of amides is 3. The van der Waals surface area contributed by atoms with Gasteiger partial charge >= 0.3 is 5.97 Å². The maximum atomic E-state index is 15.1. The molecule has 1 heterocycles. The van der Waals surface area contributed by atoms with E-state index >= 15 is 4.79 Å². The number of carboxylic acid groups (broad SMARTS) is 1. The van der Waals surface area contributed by atoms with E-state index in [0.717, 1.165) is 11.8 Å². The molecule has 2 rings (SSSR count). The highest BCUT2D eigenvalue weighted by Crippen LogP contribution is 2.46. The Bertz CT molecular complexity index is 1360. The first-order valence-electron chi connectivity index (χ1n) is 15.8. The van der Waals surface area contributed by atoms with Gasteiger partial charge in [-0.2, -0.15) is 11.8 Å². The predicted molar refractivity (Wildman–Crippen MR) is 180 cm³/mol. The predicted octanol–water partition coefficient (Wildman–Crippen LogP) is -1.53. The van der Waals surface area contributed by atoms with Gasteiger partial charge in [0.05, 0.1) is 30.7 Å². The Labute approximate surface area is 284 Å². The Morgan fingerprint density at radius 1 is 1.00 bits per heavy atom. The second kappa shape index (κ2) is 17.7. The van der Waals surface area contributed by atoms with Crippen LogP contribution in [-0.2, 0) is 40.0 Å². The smallest absolute Gasteiger partial charge is 0.339 e. The number of nitrogens with zero attached hydrogens (tertiary/aromatic N) is 1. The van der Waals surface area contributed by atoms with Gasteiger partial charge in [0.15, 0.2) is 17.3 Å². The van der Waals surface area contributed by atoms with E-state index in [0.29, 0.717) is 12.0 Å². The highest BCUT2D eigenvalue weighted by molar-refractivity contribution is 7.98. The van der Waals surface area contributed by atoms with Crippen molar-refractivity contribution in [3.05, 3.63) is 35.9 Å². The normalized spacial score (nSPS) is 19.0. The monoisotopic (exact) mass is 691 g/mol. The number of primary amides is 1. The highest BCUT2D eigenvalue weighted by atomic mass is 32.2. The molecular weight excluding hydrogens is 642 g/mol. The molecule has 1 aromatic carbocycles. The molecule has 1 fully saturated rings. The van der Waals surface area contributed by atoms with Crippen molar-refractivity contribution in [2.75, 3.05) is 25.1 Å². The number of imide groups is 1. The van der Waals surface area contributed by atoms with Crippen molar-refractivity contribution in [2.24, 2.45) is 40.0 Å². The average molecular weight is 692 g/mol. The van der Waals surface area contributed by atoms with E-state index in [-0.39, 0.29) is 36.6 Å². The van der Waals surface area contributed by atoms with E-state index in [1.165, 1.54) is 6.26 Å². The van der Waals surface area contributed by atoms with Crippen LogP contribution >= 0.6 is 11.8 Å². The van der Waals surface area contributed by atoms with Gasteiger partial charge in [0, 0.05) is 12.2 Å².